The van der Waals surface area contributed by atoms with Crippen LogP contribution in [0.1, 0.15) is 67.9 Å². The fourth-order valence-electron chi connectivity index (χ4n) is 4.99. The molecule has 1 saturated heterocycles. The zero-order valence-corrected chi connectivity index (χ0v) is 20.9. The quantitative estimate of drug-likeness (QED) is 0.653. The number of carbonyl (C=O) groups excluding carboxylic acids is 1. The Balaban J connectivity index is 1.36. The summed E-state index contributed by atoms with van der Waals surface area (Å²) in [4.78, 5) is 20.2. The summed E-state index contributed by atoms with van der Waals surface area (Å²) in [6.07, 6.45) is 7.79. The second-order valence-electron chi connectivity index (χ2n) is 10.9. The molecule has 5 rings (SSSR count). The highest BCUT2D eigenvalue weighted by atomic mass is 32.2. The van der Waals surface area contributed by atoms with E-state index < -0.39 is 11.4 Å². The van der Waals surface area contributed by atoms with Gasteiger partial charge in [0.05, 0.1) is 29.2 Å². The van der Waals surface area contributed by atoms with Gasteiger partial charge in [0.25, 0.3) is 5.91 Å². The summed E-state index contributed by atoms with van der Waals surface area (Å²) in [5.74, 6) is 0.351. The van der Waals surface area contributed by atoms with Crippen molar-refractivity contribution in [2.24, 2.45) is 5.41 Å². The van der Waals surface area contributed by atoms with Crippen LogP contribution < -0.4 is 14.5 Å². The van der Waals surface area contributed by atoms with Gasteiger partial charge >= 0.3 is 0 Å². The fraction of sp³-hybridized carbons (Fsp3) is 0.538. The minimum atomic E-state index is -1.16. The fourth-order valence-corrected chi connectivity index (χ4v) is 6.26. The Morgan fingerprint density at radius 3 is 2.48 bits per heavy atom. The summed E-state index contributed by atoms with van der Waals surface area (Å²) in [5, 5.41) is 3.01. The number of hydrogen-bond acceptors (Lipinski definition) is 5. The first kappa shape index (κ1) is 22.5. The molecule has 0 bridgehead atoms. The number of hydrogen-bond donors (Lipinski definition) is 1. The number of fused-ring (bicyclic) bond motifs is 1. The molecule has 2 aliphatic heterocycles. The molecule has 176 valence electrons. The molecule has 1 aliphatic carbocycles. The predicted octanol–water partition coefficient (Wildman–Crippen LogP) is 4.85. The van der Waals surface area contributed by atoms with Crippen LogP contribution in [0.5, 0.6) is 0 Å². The summed E-state index contributed by atoms with van der Waals surface area (Å²) >= 11 is -1.16. The molecule has 6 nitrogen and oxygen atoms in total. The van der Waals surface area contributed by atoms with Crippen molar-refractivity contribution in [1.29, 1.82) is 0 Å². The Kier molecular flexibility index (Phi) is 5.60. The molecule has 3 aliphatic rings. The van der Waals surface area contributed by atoms with E-state index in [9.17, 15) is 9.35 Å². The normalized spacial score (nSPS) is 20.0. The summed E-state index contributed by atoms with van der Waals surface area (Å²) in [7, 11) is 0. The monoisotopic (exact) mass is 466 g/mol. The maximum absolute atomic E-state index is 13.4. The van der Waals surface area contributed by atoms with Crippen molar-refractivity contribution in [3.05, 3.63) is 47.2 Å². The lowest BCUT2D eigenvalue weighted by Crippen LogP contribution is -2.42. The molecule has 33 heavy (non-hydrogen) atoms. The second kappa shape index (κ2) is 8.20. The molecule has 2 aromatic rings. The zero-order valence-electron chi connectivity index (χ0n) is 20.1. The van der Waals surface area contributed by atoms with E-state index in [0.29, 0.717) is 23.3 Å². The summed E-state index contributed by atoms with van der Waals surface area (Å²) in [5.41, 5.74) is 5.43. The third kappa shape index (κ3) is 4.45. The van der Waals surface area contributed by atoms with E-state index in [1.54, 1.807) is 6.20 Å². The molecule has 1 saturated carbocycles. The Labute approximate surface area is 200 Å². The molecular weight excluding hydrogens is 432 g/mol. The van der Waals surface area contributed by atoms with Crippen molar-refractivity contribution in [2.75, 3.05) is 34.2 Å². The molecule has 3 heterocycles. The maximum atomic E-state index is 13.4. The van der Waals surface area contributed by atoms with Crippen molar-refractivity contribution in [1.82, 2.24) is 4.98 Å². The van der Waals surface area contributed by atoms with Crippen LogP contribution in [0.25, 0.3) is 0 Å². The average molecular weight is 467 g/mol. The van der Waals surface area contributed by atoms with Crippen LogP contribution in [-0.2, 0) is 17.8 Å². The minimum absolute atomic E-state index is 0.148. The second-order valence-corrected chi connectivity index (χ2v) is 13.0. The Bertz CT molecular complexity index is 1070. The highest BCUT2D eigenvalue weighted by molar-refractivity contribution is 7.94. The summed E-state index contributed by atoms with van der Waals surface area (Å²) in [6.45, 7) is 10.7. The van der Waals surface area contributed by atoms with Gasteiger partial charge in [-0.05, 0) is 82.9 Å². The number of aromatic nitrogens is 1. The van der Waals surface area contributed by atoms with Gasteiger partial charge < -0.3 is 14.8 Å². The molecule has 1 unspecified atom stereocenters. The van der Waals surface area contributed by atoms with E-state index in [0.717, 1.165) is 42.0 Å². The number of nitrogens with one attached hydrogen (secondary N) is 1. The Hall–Kier alpha value is -2.25. The third-order valence-electron chi connectivity index (χ3n) is 7.30. The van der Waals surface area contributed by atoms with E-state index in [4.69, 9.17) is 0 Å². The first-order valence-electron chi connectivity index (χ1n) is 12.0. The number of amides is 1. The maximum Gasteiger partial charge on any atom is 0.258 e. The van der Waals surface area contributed by atoms with Crippen molar-refractivity contribution >= 4 is 34.5 Å². The number of rotatable bonds is 4. The highest BCUT2D eigenvalue weighted by Gasteiger charge is 2.44. The van der Waals surface area contributed by atoms with E-state index >= 15 is 0 Å². The van der Waals surface area contributed by atoms with Crippen LogP contribution in [0.2, 0.25) is 0 Å². The van der Waals surface area contributed by atoms with E-state index in [2.05, 4.69) is 28.2 Å². The average Bonchev–Trinajstić information content (AvgIpc) is 3.39. The molecule has 1 spiro atoms. The van der Waals surface area contributed by atoms with Crippen LogP contribution in [0.3, 0.4) is 0 Å². The van der Waals surface area contributed by atoms with Crippen LogP contribution >= 0.6 is 0 Å². The van der Waals surface area contributed by atoms with Crippen LogP contribution in [-0.4, -0.2) is 39.8 Å². The summed E-state index contributed by atoms with van der Waals surface area (Å²) < 4.78 is 14.6. The predicted molar refractivity (Wildman–Crippen MR) is 135 cm³/mol. The molecule has 0 radical (unpaired) electrons. The minimum Gasteiger partial charge on any atom is -0.593 e. The number of benzene rings is 1. The van der Waals surface area contributed by atoms with Crippen molar-refractivity contribution in [3.8, 4) is 0 Å². The molecule has 2 fully saturated rings. The van der Waals surface area contributed by atoms with Gasteiger partial charge in [-0.2, -0.15) is 4.31 Å². The molecule has 1 aromatic carbocycles. The van der Waals surface area contributed by atoms with Crippen LogP contribution in [0.4, 0.5) is 17.2 Å². The lowest BCUT2D eigenvalue weighted by Gasteiger charge is -2.35. The lowest BCUT2D eigenvalue weighted by atomic mass is 9.92. The van der Waals surface area contributed by atoms with Crippen molar-refractivity contribution < 1.29 is 9.35 Å². The Morgan fingerprint density at radius 1 is 1.09 bits per heavy atom. The number of aryl methyl sites for hydroxylation is 1. The number of piperidine rings is 1. The topological polar surface area (TPSA) is 71.5 Å². The summed E-state index contributed by atoms with van der Waals surface area (Å²) in [6, 6.07) is 7.92. The molecule has 1 amide bonds. The number of pyridine rings is 1. The standard InChI is InChI=1S/C26H34N4O2S/c1-18-5-6-20(22(15-18)29-13-10-26(8-9-26)11-14-29)24(31)28-23-16-21-19(17-27-23)7-12-30(21)33(32)25(2,3)4/h5-6,15-17H,7-14H2,1-4H3,(H,27,28,31). The van der Waals surface area contributed by atoms with Crippen molar-refractivity contribution in [2.45, 2.75) is 64.5 Å². The van der Waals surface area contributed by atoms with Crippen molar-refractivity contribution in [3.63, 3.8) is 0 Å². The van der Waals surface area contributed by atoms with E-state index in [-0.39, 0.29) is 10.7 Å². The zero-order chi connectivity index (χ0) is 23.4. The number of nitrogens with zero attached hydrogens (tertiary/aromatic N) is 3. The van der Waals surface area contributed by atoms with Gasteiger partial charge in [0.1, 0.15) is 10.6 Å². The van der Waals surface area contributed by atoms with E-state index in [1.807, 2.05) is 43.3 Å². The van der Waals surface area contributed by atoms with Gasteiger partial charge in [-0.3, -0.25) is 4.79 Å². The van der Waals surface area contributed by atoms with Crippen LogP contribution in [0, 0.1) is 12.3 Å². The smallest absolute Gasteiger partial charge is 0.258 e. The van der Waals surface area contributed by atoms with Gasteiger partial charge in [0.15, 0.2) is 0 Å². The van der Waals surface area contributed by atoms with Gasteiger partial charge in [-0.1, -0.05) is 6.07 Å². The van der Waals surface area contributed by atoms with Crippen LogP contribution in [0.15, 0.2) is 30.5 Å². The molecule has 1 N–H and O–H groups in total. The number of anilines is 3. The van der Waals surface area contributed by atoms with E-state index in [1.165, 1.54) is 25.7 Å². The first-order chi connectivity index (χ1) is 15.7. The lowest BCUT2D eigenvalue weighted by molar-refractivity contribution is 0.102. The van der Waals surface area contributed by atoms with Gasteiger partial charge in [0.2, 0.25) is 0 Å². The van der Waals surface area contributed by atoms with Gasteiger partial charge in [-0.15, -0.1) is 0 Å². The molecular formula is C26H34N4O2S. The molecule has 1 atom stereocenters. The first-order valence-corrected chi connectivity index (χ1v) is 13.1. The molecule has 1 aromatic heterocycles. The highest BCUT2D eigenvalue weighted by Crippen LogP contribution is 2.54. The number of carbonyl (C=O) groups is 1. The SMILES string of the molecule is Cc1ccc(C(=O)Nc2cc3c(cn2)CCN3[S+]([O-])C(C)(C)C)c(N2CCC3(CC2)CC3)c1. The Morgan fingerprint density at radius 2 is 1.82 bits per heavy atom. The van der Waals surface area contributed by atoms with Gasteiger partial charge in [-0.25, -0.2) is 4.98 Å². The van der Waals surface area contributed by atoms with Gasteiger partial charge in [0, 0.05) is 36.6 Å². The third-order valence-corrected chi connectivity index (χ3v) is 9.13. The largest absolute Gasteiger partial charge is 0.593 e. The molecule has 7 heteroatoms.